The summed E-state index contributed by atoms with van der Waals surface area (Å²) < 4.78 is 212. The Hall–Kier alpha value is -5.06. The number of nitrogens with one attached hydrogen (secondary N) is 2. The SMILES string of the molecule is C=C(C)C(=O)NCCCNCc1ccc(C(=C\C=C2/N(CCCS(=O)(=O)O)c3ccc4c(S(=O)(=O)O)cc(S(=O)(=O)O)cc4c3C2(C)C)/C=C/C2=[N+](CCCS(=O)(=O)O)c3ccc4c(S(=O)(=O)O)cc(S(=O)(=O)O)cc4c3C2(C)C)cc1.[NaH]. The number of rotatable bonds is 23. The average molecular weight is 1270 g/mol. The number of allylic oxidation sites excluding steroid dienone is 6. The van der Waals surface area contributed by atoms with Gasteiger partial charge in [0.25, 0.3) is 60.7 Å². The van der Waals surface area contributed by atoms with Gasteiger partial charge in [-0.15, -0.1) is 0 Å². The summed E-state index contributed by atoms with van der Waals surface area (Å²) in [6.07, 6.45) is 7.05. The minimum atomic E-state index is -5.12. The second-order valence-corrected chi connectivity index (χ2v) is 29.6. The van der Waals surface area contributed by atoms with Crippen LogP contribution in [0.2, 0.25) is 0 Å². The van der Waals surface area contributed by atoms with Gasteiger partial charge in [-0.05, 0) is 122 Å². The summed E-state index contributed by atoms with van der Waals surface area (Å²) in [5.41, 5.74) is 1.93. The first-order valence-electron chi connectivity index (χ1n) is 25.0. The Kier molecular flexibility index (Phi) is 20.0. The van der Waals surface area contributed by atoms with Crippen molar-refractivity contribution in [2.75, 3.05) is 42.6 Å². The summed E-state index contributed by atoms with van der Waals surface area (Å²) in [5.74, 6) is -1.62. The fourth-order valence-electron chi connectivity index (χ4n) is 10.5. The molecule has 0 fully saturated rings. The van der Waals surface area contributed by atoms with Crippen molar-refractivity contribution < 1.29 is 87.2 Å². The van der Waals surface area contributed by atoms with E-state index in [-0.39, 0.29) is 82.9 Å². The average Bonchev–Trinajstić information content (AvgIpc) is 3.75. The van der Waals surface area contributed by atoms with Crippen molar-refractivity contribution >= 4 is 140 Å². The molecule has 5 aromatic rings. The van der Waals surface area contributed by atoms with Crippen LogP contribution in [0, 0.1) is 0 Å². The van der Waals surface area contributed by atoms with Crippen molar-refractivity contribution in [2.45, 2.75) is 90.8 Å². The number of carbonyl (C=O) groups is 1. The van der Waals surface area contributed by atoms with Gasteiger partial charge in [0.05, 0.1) is 26.7 Å². The fourth-order valence-corrected chi connectivity index (χ4v) is 14.2. The molecule has 30 heteroatoms. The third-order valence-corrected chi connectivity index (χ3v) is 19.2. The molecular formula is C53H62N4NaO19S6+. The molecule has 0 saturated carbocycles. The number of anilines is 1. The van der Waals surface area contributed by atoms with Gasteiger partial charge in [0.1, 0.15) is 16.3 Å². The minimum absolute atomic E-state index is 0. The molecule has 5 aromatic carbocycles. The molecule has 83 heavy (non-hydrogen) atoms. The van der Waals surface area contributed by atoms with Gasteiger partial charge >= 0.3 is 29.6 Å². The number of nitrogens with zero attached hydrogens (tertiary/aromatic N) is 2. The van der Waals surface area contributed by atoms with E-state index in [4.69, 9.17) is 0 Å². The number of hydrogen-bond acceptors (Lipinski definition) is 15. The summed E-state index contributed by atoms with van der Waals surface area (Å²) >= 11 is 0. The first-order chi connectivity index (χ1) is 37.7. The van der Waals surface area contributed by atoms with Crippen LogP contribution in [-0.2, 0) is 82.9 Å². The molecule has 23 nitrogen and oxygen atoms in total. The number of benzene rings is 5. The van der Waals surface area contributed by atoms with Crippen LogP contribution in [0.15, 0.2) is 135 Å². The molecule has 0 atom stereocenters. The first-order valence-corrected chi connectivity index (χ1v) is 34.0. The van der Waals surface area contributed by atoms with Crippen LogP contribution < -0.4 is 15.5 Å². The summed E-state index contributed by atoms with van der Waals surface area (Å²) in [5, 5.41) is 5.86. The molecule has 0 unspecified atom stereocenters. The van der Waals surface area contributed by atoms with E-state index in [1.807, 2.05) is 24.3 Å². The van der Waals surface area contributed by atoms with Crippen molar-refractivity contribution in [3.63, 3.8) is 0 Å². The van der Waals surface area contributed by atoms with Crippen LogP contribution in [0.1, 0.15) is 76.1 Å². The molecular weight excluding hydrogens is 1210 g/mol. The summed E-state index contributed by atoms with van der Waals surface area (Å²) in [4.78, 5) is 10.3. The van der Waals surface area contributed by atoms with Crippen LogP contribution >= 0.6 is 0 Å². The van der Waals surface area contributed by atoms with Crippen LogP contribution in [0.4, 0.5) is 11.4 Å². The molecule has 444 valence electrons. The number of carbonyl (C=O) groups excluding carboxylic acids is 1. The molecule has 2 heterocycles. The quantitative estimate of drug-likeness (QED) is 0.00962. The maximum atomic E-state index is 12.8. The molecule has 7 rings (SSSR count). The zero-order valence-corrected chi connectivity index (χ0v) is 49.7. The van der Waals surface area contributed by atoms with E-state index in [2.05, 4.69) is 17.2 Å². The molecule has 0 bridgehead atoms. The van der Waals surface area contributed by atoms with Gasteiger partial charge in [-0.25, -0.2) is 0 Å². The van der Waals surface area contributed by atoms with E-state index in [0.29, 0.717) is 88.8 Å². The van der Waals surface area contributed by atoms with Gasteiger partial charge < -0.3 is 15.5 Å². The second-order valence-electron chi connectivity index (χ2n) is 20.8. The zero-order chi connectivity index (χ0) is 60.9. The normalized spacial score (nSPS) is 16.2. The van der Waals surface area contributed by atoms with Crippen molar-refractivity contribution in [1.29, 1.82) is 0 Å². The molecule has 0 aromatic heterocycles. The van der Waals surface area contributed by atoms with Gasteiger partial charge in [-0.2, -0.15) is 55.1 Å². The molecule has 8 N–H and O–H groups in total. The predicted octanol–water partition coefficient (Wildman–Crippen LogP) is 5.76. The fraction of sp³-hybridized carbons (Fsp3) is 0.321. The molecule has 0 saturated heterocycles. The Balaban J connectivity index is 0.0000111. The zero-order valence-electron chi connectivity index (χ0n) is 44.9. The van der Waals surface area contributed by atoms with E-state index in [1.54, 1.807) is 68.4 Å². The van der Waals surface area contributed by atoms with Crippen molar-refractivity contribution in [3.8, 4) is 0 Å². The van der Waals surface area contributed by atoms with E-state index < -0.39 is 103 Å². The number of fused-ring (bicyclic) bond motifs is 6. The summed E-state index contributed by atoms with van der Waals surface area (Å²) in [6, 6.07) is 16.3. The summed E-state index contributed by atoms with van der Waals surface area (Å²) in [7, 11) is -29.4. The Labute approximate surface area is 504 Å². The molecule has 0 spiro atoms. The number of hydrogen-bond donors (Lipinski definition) is 8. The Morgan fingerprint density at radius 3 is 1.69 bits per heavy atom. The molecule has 2 aliphatic heterocycles. The van der Waals surface area contributed by atoms with Crippen LogP contribution in [0.3, 0.4) is 0 Å². The van der Waals surface area contributed by atoms with E-state index in [0.717, 1.165) is 17.7 Å². The first kappa shape index (κ1) is 67.1. The molecule has 0 radical (unpaired) electrons. The van der Waals surface area contributed by atoms with Crippen LogP contribution in [-0.4, -0.2) is 161 Å². The molecule has 1 amide bonds. The maximum absolute atomic E-state index is 12.8. The van der Waals surface area contributed by atoms with Gasteiger partial charge in [-0.1, -0.05) is 56.8 Å². The number of amides is 1. The van der Waals surface area contributed by atoms with Crippen LogP contribution in [0.25, 0.3) is 27.1 Å². The topological polar surface area (TPSA) is 374 Å². The Morgan fingerprint density at radius 1 is 0.639 bits per heavy atom. The third-order valence-electron chi connectivity index (χ3n) is 14.2. The van der Waals surface area contributed by atoms with Gasteiger partial charge in [0.15, 0.2) is 5.71 Å². The molecule has 0 aliphatic carbocycles. The van der Waals surface area contributed by atoms with E-state index in [1.165, 1.54) is 24.3 Å². The second kappa shape index (κ2) is 24.7. The van der Waals surface area contributed by atoms with Crippen molar-refractivity contribution in [3.05, 3.63) is 137 Å². The van der Waals surface area contributed by atoms with Gasteiger partial charge in [0, 0.05) is 76.9 Å². The standard InChI is InChI=1S/C53H60N4O19S6.Na.H/c1-33(2)51(58)55-23-7-22-54-32-34-10-12-35(13-11-34)36(14-20-47-52(3,4)49-41-28-37(79(65,66)67)30-45(81(71,72)73)39(41)16-18-43(49)56(47)24-8-26-77(59,60)61)15-21-48-53(5,6)50-42-29-38(80(68,69)70)31-46(82(74,75)76)40(42)17-19-44(50)57(48)25-9-27-78(62,63)64;;/h10-21,28-31,54H,1,7-9,22-27,32H2,2-6H3,(H6-,55,58,59,60,61,62,63,64,65,66,67,68,69,70,71,72,73,74,75,76);;/p+1. The third kappa shape index (κ3) is 15.3. The predicted molar refractivity (Wildman–Crippen MR) is 315 cm³/mol. The van der Waals surface area contributed by atoms with Gasteiger partial charge in [0.2, 0.25) is 11.6 Å². The van der Waals surface area contributed by atoms with E-state index in [9.17, 15) is 82.6 Å². The monoisotopic (exact) mass is 1270 g/mol. The Bertz CT molecular complexity index is 4330. The van der Waals surface area contributed by atoms with Gasteiger partial charge in [-0.3, -0.25) is 32.1 Å². The van der Waals surface area contributed by atoms with E-state index >= 15 is 0 Å². The summed E-state index contributed by atoms with van der Waals surface area (Å²) in [6.45, 7) is 13.3. The Morgan fingerprint density at radius 2 is 1.17 bits per heavy atom. The molecule has 2 aliphatic rings. The van der Waals surface area contributed by atoms with Crippen molar-refractivity contribution in [2.24, 2.45) is 0 Å². The van der Waals surface area contributed by atoms with Crippen molar-refractivity contribution in [1.82, 2.24) is 10.6 Å². The van der Waals surface area contributed by atoms with Crippen LogP contribution in [0.5, 0.6) is 0 Å².